The van der Waals surface area contributed by atoms with Crippen molar-refractivity contribution in [1.82, 2.24) is 19.9 Å². The average molecular weight is 529 g/mol. The maximum atomic E-state index is 4.59. The van der Waals surface area contributed by atoms with Gasteiger partial charge in [0.15, 0.2) is 20.0 Å². The lowest BCUT2D eigenvalue weighted by Crippen LogP contribution is -1.68. The van der Waals surface area contributed by atoms with E-state index in [1.165, 1.54) is 38.3 Å². The predicted molar refractivity (Wildman–Crippen MR) is 140 cm³/mol. The molecule has 0 aliphatic carbocycles. The highest BCUT2D eigenvalue weighted by Gasteiger charge is 2.18. The second-order valence-corrected chi connectivity index (χ2v) is 13.5. The van der Waals surface area contributed by atoms with Crippen molar-refractivity contribution in [1.29, 1.82) is 0 Å². The van der Waals surface area contributed by atoms with Crippen molar-refractivity contribution in [2.75, 3.05) is 0 Å². The largest absolute Gasteiger partial charge is 0.242 e. The summed E-state index contributed by atoms with van der Waals surface area (Å²) in [7, 11) is 0. The highest BCUT2D eigenvalue weighted by molar-refractivity contribution is 7.41. The number of rotatable bonds is 4. The predicted octanol–water partition coefficient (Wildman–Crippen LogP) is 8.67. The summed E-state index contributed by atoms with van der Waals surface area (Å²) in [5.74, 6) is 0. The molecule has 0 atom stereocenters. The molecule has 11 heteroatoms. The van der Waals surface area contributed by atoms with Crippen LogP contribution in [0.3, 0.4) is 0 Å². The fraction of sp³-hybridized carbons (Fsp3) is 0. The first-order chi connectivity index (χ1) is 15.3. The van der Waals surface area contributed by atoms with Crippen molar-refractivity contribution < 1.29 is 0 Å². The smallest absolute Gasteiger partial charge is 0.152 e. The molecule has 0 radical (unpaired) electrons. The molecule has 0 saturated heterocycles. The molecule has 7 aromatic rings. The van der Waals surface area contributed by atoms with Crippen molar-refractivity contribution in [2.45, 2.75) is 0 Å². The molecule has 7 rings (SSSR count). The number of thiophene rings is 3. The fourth-order valence-electron chi connectivity index (χ4n) is 3.21. The summed E-state index contributed by atoms with van der Waals surface area (Å²) in [6.07, 6.45) is 7.61. The van der Waals surface area contributed by atoms with Gasteiger partial charge in [0.2, 0.25) is 0 Å². The topological polar surface area (TPSA) is 51.6 Å². The Kier molecular flexibility index (Phi) is 4.42. The van der Waals surface area contributed by atoms with Gasteiger partial charge in [-0.1, -0.05) is 0 Å². The number of aromatic nitrogens is 4. The molecule has 0 aliphatic rings. The molecular weight excluding hydrogens is 521 g/mol. The van der Waals surface area contributed by atoms with Gasteiger partial charge in [0.05, 0.1) is 19.2 Å². The summed E-state index contributed by atoms with van der Waals surface area (Å²) in [5.41, 5.74) is 0. The standard InChI is InChI=1S/C20H8N4S7/c1-3-25-17(21-1)19-23-7-13(30-19)9-5-11-15(28-9)16-12(27-11)6-10(29-16)14-8-24-20(31-14)18-22-2-4-26-18/h1-8H. The molecule has 31 heavy (non-hydrogen) atoms. The third-order valence-electron chi connectivity index (χ3n) is 4.55. The molecule has 0 aliphatic heterocycles. The first-order valence-corrected chi connectivity index (χ1v) is 14.8. The van der Waals surface area contributed by atoms with Crippen LogP contribution in [0.5, 0.6) is 0 Å². The summed E-state index contributed by atoms with van der Waals surface area (Å²) in [6.45, 7) is 0. The van der Waals surface area contributed by atoms with Gasteiger partial charge in [0, 0.05) is 54.7 Å². The molecule has 0 N–H and O–H groups in total. The van der Waals surface area contributed by atoms with Crippen LogP contribution in [0.1, 0.15) is 0 Å². The first kappa shape index (κ1) is 18.7. The lowest BCUT2D eigenvalue weighted by Gasteiger charge is -1.88. The average Bonchev–Trinajstić information content (AvgIpc) is 3.58. The molecule has 0 bridgehead atoms. The van der Waals surface area contributed by atoms with Gasteiger partial charge in [-0.05, 0) is 12.1 Å². The highest BCUT2D eigenvalue weighted by atomic mass is 32.1. The Labute approximate surface area is 203 Å². The molecule has 0 unspecified atom stereocenters. The molecule has 0 spiro atoms. The van der Waals surface area contributed by atoms with Gasteiger partial charge < -0.3 is 0 Å². The zero-order chi connectivity index (χ0) is 20.4. The van der Waals surface area contributed by atoms with Crippen LogP contribution in [0.25, 0.3) is 58.3 Å². The molecule has 0 aromatic carbocycles. The van der Waals surface area contributed by atoms with E-state index in [9.17, 15) is 0 Å². The van der Waals surface area contributed by atoms with Crippen molar-refractivity contribution in [3.8, 4) is 39.5 Å². The van der Waals surface area contributed by atoms with Crippen LogP contribution in [0.15, 0.2) is 47.7 Å². The SMILES string of the molecule is c1csc(-c2ncc(-c3cc4sc5cc(-c6cnc(-c7nccs7)s6)sc5c4s3)s2)n1. The minimum atomic E-state index is 0.988. The zero-order valence-electron chi connectivity index (χ0n) is 15.3. The van der Waals surface area contributed by atoms with Gasteiger partial charge in [-0.2, -0.15) is 0 Å². The van der Waals surface area contributed by atoms with Crippen molar-refractivity contribution in [3.05, 3.63) is 47.7 Å². The third-order valence-corrected chi connectivity index (χ3v) is 12.5. The van der Waals surface area contributed by atoms with Crippen molar-refractivity contribution in [2.24, 2.45) is 0 Å². The van der Waals surface area contributed by atoms with Gasteiger partial charge in [-0.25, -0.2) is 19.9 Å². The molecule has 0 saturated carbocycles. The Hall–Kier alpha value is -1.86. The first-order valence-electron chi connectivity index (χ1n) is 9.00. The second-order valence-electron chi connectivity index (χ2n) is 6.44. The van der Waals surface area contributed by atoms with Gasteiger partial charge in [-0.15, -0.1) is 79.4 Å². The lowest BCUT2D eigenvalue weighted by atomic mass is 10.4. The molecule has 0 amide bonds. The molecule has 0 fully saturated rings. The summed E-state index contributed by atoms with van der Waals surface area (Å²) in [4.78, 5) is 22.9. The van der Waals surface area contributed by atoms with Crippen molar-refractivity contribution in [3.63, 3.8) is 0 Å². The molecule has 150 valence electrons. The minimum Gasteiger partial charge on any atom is -0.242 e. The van der Waals surface area contributed by atoms with Crippen LogP contribution in [0.4, 0.5) is 0 Å². The zero-order valence-corrected chi connectivity index (χ0v) is 21.0. The van der Waals surface area contributed by atoms with Crippen LogP contribution >= 0.6 is 79.4 Å². The van der Waals surface area contributed by atoms with Crippen LogP contribution < -0.4 is 0 Å². The van der Waals surface area contributed by atoms with E-state index in [-0.39, 0.29) is 0 Å². The maximum absolute atomic E-state index is 4.59. The molecule has 7 aromatic heterocycles. The van der Waals surface area contributed by atoms with Crippen LogP contribution in [-0.4, -0.2) is 19.9 Å². The highest BCUT2D eigenvalue weighted by Crippen LogP contribution is 2.49. The lowest BCUT2D eigenvalue weighted by molar-refractivity contribution is 1.36. The minimum absolute atomic E-state index is 0.988. The van der Waals surface area contributed by atoms with Gasteiger partial charge >= 0.3 is 0 Å². The molecular formula is C20H8N4S7. The third kappa shape index (κ3) is 3.15. The summed E-state index contributed by atoms with van der Waals surface area (Å²) < 4.78 is 5.45. The van der Waals surface area contributed by atoms with E-state index >= 15 is 0 Å². The van der Waals surface area contributed by atoms with Gasteiger partial charge in [0.1, 0.15) is 0 Å². The number of fused-ring (bicyclic) bond motifs is 3. The number of hydrogen-bond donors (Lipinski definition) is 0. The molecule has 4 nitrogen and oxygen atoms in total. The van der Waals surface area contributed by atoms with E-state index in [0.29, 0.717) is 0 Å². The summed E-state index contributed by atoms with van der Waals surface area (Å²) >= 11 is 12.3. The van der Waals surface area contributed by atoms with Gasteiger partial charge in [-0.3, -0.25) is 0 Å². The molecule has 7 heterocycles. The fourth-order valence-corrected chi connectivity index (χ4v) is 10.6. The quantitative estimate of drug-likeness (QED) is 0.229. The Morgan fingerprint density at radius 1 is 0.484 bits per heavy atom. The second kappa shape index (κ2) is 7.34. The van der Waals surface area contributed by atoms with Crippen LogP contribution in [0, 0.1) is 0 Å². The number of thiazole rings is 4. The number of hydrogen-bond acceptors (Lipinski definition) is 11. The normalized spacial score (nSPS) is 11.9. The summed E-state index contributed by atoms with van der Waals surface area (Å²) in [6, 6.07) is 4.62. The van der Waals surface area contributed by atoms with E-state index in [0.717, 1.165) is 20.0 Å². The summed E-state index contributed by atoms with van der Waals surface area (Å²) in [5, 5.41) is 7.94. The van der Waals surface area contributed by atoms with E-state index < -0.39 is 0 Å². The van der Waals surface area contributed by atoms with E-state index in [1.807, 2.05) is 69.6 Å². The van der Waals surface area contributed by atoms with E-state index in [1.54, 1.807) is 45.3 Å². The van der Waals surface area contributed by atoms with Gasteiger partial charge in [0.25, 0.3) is 0 Å². The van der Waals surface area contributed by atoms with E-state index in [4.69, 9.17) is 0 Å². The number of nitrogens with zero attached hydrogens (tertiary/aromatic N) is 4. The van der Waals surface area contributed by atoms with Crippen molar-refractivity contribution >= 4 is 98.2 Å². The Balaban J connectivity index is 1.26. The van der Waals surface area contributed by atoms with Crippen LogP contribution in [-0.2, 0) is 0 Å². The maximum Gasteiger partial charge on any atom is 0.152 e. The van der Waals surface area contributed by atoms with Crippen LogP contribution in [0.2, 0.25) is 0 Å². The Bertz CT molecular complexity index is 1520. The van der Waals surface area contributed by atoms with E-state index in [2.05, 4.69) is 32.1 Å². The monoisotopic (exact) mass is 528 g/mol. The Morgan fingerprint density at radius 2 is 1.00 bits per heavy atom. The Morgan fingerprint density at radius 3 is 1.45 bits per heavy atom.